The van der Waals surface area contributed by atoms with E-state index in [0.29, 0.717) is 18.7 Å². The fraction of sp³-hybridized carbons (Fsp3) is 0.273. The first-order valence-electron chi connectivity index (χ1n) is 4.89. The van der Waals surface area contributed by atoms with E-state index in [4.69, 9.17) is 5.73 Å². The largest absolute Gasteiger partial charge is 0.330 e. The van der Waals surface area contributed by atoms with Crippen molar-refractivity contribution in [1.29, 1.82) is 0 Å². The molecule has 0 radical (unpaired) electrons. The van der Waals surface area contributed by atoms with Crippen LogP contribution in [-0.4, -0.2) is 22.2 Å². The average molecular weight is 203 g/mol. The Morgan fingerprint density at radius 1 is 1.60 bits per heavy atom. The molecule has 15 heavy (non-hydrogen) atoms. The Labute approximate surface area is 87.7 Å². The molecule has 0 amide bonds. The number of nitrogens with zero attached hydrogens (tertiary/aromatic N) is 2. The highest BCUT2D eigenvalue weighted by atomic mass is 16.1. The lowest BCUT2D eigenvalue weighted by atomic mass is 10.2. The van der Waals surface area contributed by atoms with Crippen molar-refractivity contribution in [2.75, 3.05) is 6.54 Å². The first kappa shape index (κ1) is 9.86. The second-order valence-corrected chi connectivity index (χ2v) is 3.53. The van der Waals surface area contributed by atoms with Crippen molar-refractivity contribution in [2.24, 2.45) is 5.73 Å². The quantitative estimate of drug-likeness (QED) is 0.756. The standard InChI is InChI=1S/C11H13N3O/c1-8-3-5-14-10(6-8)9(7-15)13-11(14)2-4-12/h3,5-7H,2,4,12H2,1H3. The molecule has 2 N–H and O–H groups in total. The molecule has 4 nitrogen and oxygen atoms in total. The van der Waals surface area contributed by atoms with Crippen molar-refractivity contribution in [3.8, 4) is 0 Å². The monoisotopic (exact) mass is 203 g/mol. The molecule has 0 aliphatic carbocycles. The van der Waals surface area contributed by atoms with Gasteiger partial charge in [0, 0.05) is 12.6 Å². The summed E-state index contributed by atoms with van der Waals surface area (Å²) < 4.78 is 1.92. The van der Waals surface area contributed by atoms with Gasteiger partial charge in [-0.2, -0.15) is 0 Å². The van der Waals surface area contributed by atoms with E-state index in [1.165, 1.54) is 0 Å². The van der Waals surface area contributed by atoms with Gasteiger partial charge in [0.15, 0.2) is 6.29 Å². The van der Waals surface area contributed by atoms with Crippen molar-refractivity contribution in [2.45, 2.75) is 13.3 Å². The normalized spacial score (nSPS) is 10.8. The summed E-state index contributed by atoms with van der Waals surface area (Å²) in [5, 5.41) is 0. The Hall–Kier alpha value is -1.68. The van der Waals surface area contributed by atoms with Crippen LogP contribution < -0.4 is 5.73 Å². The Bertz CT molecular complexity index is 502. The molecule has 0 saturated carbocycles. The molecule has 0 fully saturated rings. The van der Waals surface area contributed by atoms with Crippen LogP contribution in [0.5, 0.6) is 0 Å². The lowest BCUT2D eigenvalue weighted by Gasteiger charge is -1.99. The number of rotatable bonds is 3. The van der Waals surface area contributed by atoms with E-state index in [-0.39, 0.29) is 0 Å². The Morgan fingerprint density at radius 2 is 2.40 bits per heavy atom. The predicted octanol–water partition coefficient (Wildman–Crippen LogP) is 0.956. The zero-order valence-electron chi connectivity index (χ0n) is 8.60. The summed E-state index contributed by atoms with van der Waals surface area (Å²) in [6, 6.07) is 3.94. The number of carbonyl (C=O) groups excluding carboxylic acids is 1. The number of imidazole rings is 1. The van der Waals surface area contributed by atoms with Crippen LogP contribution in [0.4, 0.5) is 0 Å². The molecule has 2 aromatic rings. The molecule has 0 aliphatic heterocycles. The fourth-order valence-corrected chi connectivity index (χ4v) is 1.67. The first-order chi connectivity index (χ1) is 7.26. The number of aromatic nitrogens is 2. The summed E-state index contributed by atoms with van der Waals surface area (Å²) in [5.74, 6) is 0.842. The highest BCUT2D eigenvalue weighted by Crippen LogP contribution is 2.13. The third kappa shape index (κ3) is 1.64. The average Bonchev–Trinajstić information content (AvgIpc) is 2.56. The van der Waals surface area contributed by atoms with Crippen LogP contribution in [0, 0.1) is 6.92 Å². The molecule has 2 heterocycles. The van der Waals surface area contributed by atoms with E-state index in [0.717, 1.165) is 23.2 Å². The Morgan fingerprint density at radius 3 is 3.07 bits per heavy atom. The minimum Gasteiger partial charge on any atom is -0.330 e. The molecule has 4 heteroatoms. The molecule has 2 rings (SSSR count). The minimum absolute atomic E-state index is 0.488. The maximum absolute atomic E-state index is 10.8. The molecule has 2 aromatic heterocycles. The van der Waals surface area contributed by atoms with Gasteiger partial charge < -0.3 is 10.1 Å². The molecular weight excluding hydrogens is 190 g/mol. The number of aldehydes is 1. The Kier molecular flexibility index (Phi) is 2.51. The van der Waals surface area contributed by atoms with Gasteiger partial charge in [0.25, 0.3) is 0 Å². The van der Waals surface area contributed by atoms with Gasteiger partial charge in [0.05, 0.1) is 5.52 Å². The SMILES string of the molecule is Cc1ccn2c(CCN)nc(C=O)c2c1. The van der Waals surface area contributed by atoms with E-state index in [1.807, 2.05) is 29.7 Å². The number of nitrogens with two attached hydrogens (primary N) is 1. The van der Waals surface area contributed by atoms with Gasteiger partial charge in [0.2, 0.25) is 0 Å². The van der Waals surface area contributed by atoms with Crippen LogP contribution in [0.15, 0.2) is 18.3 Å². The van der Waals surface area contributed by atoms with E-state index >= 15 is 0 Å². The highest BCUT2D eigenvalue weighted by Gasteiger charge is 2.09. The predicted molar refractivity (Wildman–Crippen MR) is 58.1 cm³/mol. The van der Waals surface area contributed by atoms with Gasteiger partial charge in [-0.3, -0.25) is 4.79 Å². The first-order valence-corrected chi connectivity index (χ1v) is 4.89. The van der Waals surface area contributed by atoms with Gasteiger partial charge in [-0.25, -0.2) is 4.98 Å². The van der Waals surface area contributed by atoms with Gasteiger partial charge in [-0.05, 0) is 31.2 Å². The van der Waals surface area contributed by atoms with Crippen molar-refractivity contribution >= 4 is 11.8 Å². The maximum Gasteiger partial charge on any atom is 0.170 e. The Balaban J connectivity index is 2.69. The summed E-state index contributed by atoms with van der Waals surface area (Å²) in [7, 11) is 0. The van der Waals surface area contributed by atoms with E-state index in [2.05, 4.69) is 4.98 Å². The van der Waals surface area contributed by atoms with Gasteiger partial charge >= 0.3 is 0 Å². The number of aryl methyl sites for hydroxylation is 1. The van der Waals surface area contributed by atoms with Crippen LogP contribution in [0.3, 0.4) is 0 Å². The zero-order chi connectivity index (χ0) is 10.8. The molecule has 0 aromatic carbocycles. The van der Waals surface area contributed by atoms with Crippen LogP contribution >= 0.6 is 0 Å². The summed E-state index contributed by atoms with van der Waals surface area (Å²) in [4.78, 5) is 15.1. The number of carbonyl (C=O) groups is 1. The molecule has 0 spiro atoms. The molecule has 0 atom stereocenters. The number of hydrogen-bond donors (Lipinski definition) is 1. The summed E-state index contributed by atoms with van der Waals surface area (Å²) in [6.07, 6.45) is 3.39. The second-order valence-electron chi connectivity index (χ2n) is 3.53. The van der Waals surface area contributed by atoms with Crippen LogP contribution in [0.1, 0.15) is 21.9 Å². The lowest BCUT2D eigenvalue weighted by molar-refractivity contribution is 0.112. The molecule has 0 saturated heterocycles. The van der Waals surface area contributed by atoms with Gasteiger partial charge in [-0.1, -0.05) is 0 Å². The molecule has 0 bridgehead atoms. The molecule has 0 unspecified atom stereocenters. The second kappa shape index (κ2) is 3.82. The minimum atomic E-state index is 0.488. The smallest absolute Gasteiger partial charge is 0.170 e. The van der Waals surface area contributed by atoms with E-state index < -0.39 is 0 Å². The van der Waals surface area contributed by atoms with Crippen molar-refractivity contribution in [3.63, 3.8) is 0 Å². The van der Waals surface area contributed by atoms with E-state index in [1.54, 1.807) is 0 Å². The number of fused-ring (bicyclic) bond motifs is 1. The zero-order valence-corrected chi connectivity index (χ0v) is 8.60. The fourth-order valence-electron chi connectivity index (χ4n) is 1.67. The molecular formula is C11H13N3O. The van der Waals surface area contributed by atoms with Gasteiger partial charge in [0.1, 0.15) is 11.5 Å². The number of pyridine rings is 1. The third-order valence-corrected chi connectivity index (χ3v) is 2.38. The van der Waals surface area contributed by atoms with E-state index in [9.17, 15) is 4.79 Å². The van der Waals surface area contributed by atoms with Crippen LogP contribution in [0.25, 0.3) is 5.52 Å². The molecule has 78 valence electrons. The topological polar surface area (TPSA) is 60.4 Å². The number of hydrogen-bond acceptors (Lipinski definition) is 3. The highest BCUT2D eigenvalue weighted by molar-refractivity contribution is 5.84. The van der Waals surface area contributed by atoms with Crippen LogP contribution in [0.2, 0.25) is 0 Å². The van der Waals surface area contributed by atoms with Crippen molar-refractivity contribution in [3.05, 3.63) is 35.4 Å². The summed E-state index contributed by atoms with van der Waals surface area (Å²) >= 11 is 0. The van der Waals surface area contributed by atoms with Crippen molar-refractivity contribution in [1.82, 2.24) is 9.38 Å². The third-order valence-electron chi connectivity index (χ3n) is 2.38. The van der Waals surface area contributed by atoms with Crippen molar-refractivity contribution < 1.29 is 4.79 Å². The maximum atomic E-state index is 10.8. The lowest BCUT2D eigenvalue weighted by Crippen LogP contribution is -2.06. The van der Waals surface area contributed by atoms with Crippen LogP contribution in [-0.2, 0) is 6.42 Å². The molecule has 0 aliphatic rings. The summed E-state index contributed by atoms with van der Waals surface area (Å²) in [5.41, 5.74) is 7.95. The summed E-state index contributed by atoms with van der Waals surface area (Å²) in [6.45, 7) is 2.52. The van der Waals surface area contributed by atoms with Gasteiger partial charge in [-0.15, -0.1) is 0 Å².